The first-order valence-corrected chi connectivity index (χ1v) is 9.10. The molecule has 1 spiro atoms. The maximum Gasteiger partial charge on any atom is 0.333 e. The molecule has 0 saturated carbocycles. The largest absolute Gasteiger partial charge is 0.464 e. The average Bonchev–Trinajstić information content (AvgIpc) is 3.14. The Bertz CT molecular complexity index is 917. The van der Waals surface area contributed by atoms with Crippen molar-refractivity contribution in [3.8, 4) is 0 Å². The average molecular weight is 382 g/mol. The lowest BCUT2D eigenvalue weighted by atomic mass is 9.88. The van der Waals surface area contributed by atoms with E-state index in [0.29, 0.717) is 17.8 Å². The maximum atomic E-state index is 13.5. The van der Waals surface area contributed by atoms with Crippen molar-refractivity contribution in [2.45, 2.75) is 25.1 Å². The zero-order chi connectivity index (χ0) is 19.0. The zero-order valence-electron chi connectivity index (χ0n) is 14.7. The molecule has 2 atom stereocenters. The van der Waals surface area contributed by atoms with E-state index in [2.05, 4.69) is 5.32 Å². The van der Waals surface area contributed by atoms with Crippen LogP contribution < -0.4 is 10.2 Å². The molecular weight excluding hydrogens is 364 g/mol. The van der Waals surface area contributed by atoms with Gasteiger partial charge in [0.2, 0.25) is 5.60 Å². The molecule has 6 nitrogen and oxygen atoms in total. The van der Waals surface area contributed by atoms with Crippen LogP contribution in [-0.2, 0) is 31.2 Å². The number of nitrogens with one attached hydrogen (secondary N) is 1. The second-order valence-electron chi connectivity index (χ2n) is 6.35. The van der Waals surface area contributed by atoms with E-state index in [-0.39, 0.29) is 17.7 Å². The van der Waals surface area contributed by atoms with Crippen molar-refractivity contribution < 1.29 is 19.1 Å². The van der Waals surface area contributed by atoms with E-state index >= 15 is 0 Å². The molecule has 0 radical (unpaired) electrons. The number of ether oxygens (including phenoxy) is 2. The van der Waals surface area contributed by atoms with Gasteiger partial charge in [-0.1, -0.05) is 48.5 Å². The third kappa shape index (κ3) is 2.66. The minimum absolute atomic E-state index is 0.0118. The number of hydrogen-bond acceptors (Lipinski definition) is 5. The summed E-state index contributed by atoms with van der Waals surface area (Å²) >= 11 is 5.15. The predicted octanol–water partition coefficient (Wildman–Crippen LogP) is 2.27. The molecule has 1 amide bonds. The summed E-state index contributed by atoms with van der Waals surface area (Å²) in [5.74, 6) is -0.903. The Morgan fingerprint density at radius 2 is 1.93 bits per heavy atom. The van der Waals surface area contributed by atoms with Crippen molar-refractivity contribution in [2.75, 3.05) is 11.5 Å². The summed E-state index contributed by atoms with van der Waals surface area (Å²) in [5, 5.41) is 2.83. The summed E-state index contributed by atoms with van der Waals surface area (Å²) in [6, 6.07) is 15.9. The number of rotatable bonds is 4. The molecule has 0 aromatic heterocycles. The molecule has 0 aliphatic carbocycles. The Morgan fingerprint density at radius 3 is 2.67 bits per heavy atom. The monoisotopic (exact) mass is 382 g/mol. The summed E-state index contributed by atoms with van der Waals surface area (Å²) in [4.78, 5) is 27.8. The predicted molar refractivity (Wildman–Crippen MR) is 103 cm³/mol. The maximum absolute atomic E-state index is 13.5. The van der Waals surface area contributed by atoms with Crippen LogP contribution in [0.3, 0.4) is 0 Å². The van der Waals surface area contributed by atoms with Gasteiger partial charge in [0.1, 0.15) is 0 Å². The molecular formula is C20H18N2O4S. The van der Waals surface area contributed by atoms with Crippen molar-refractivity contribution in [3.63, 3.8) is 0 Å². The molecule has 27 heavy (non-hydrogen) atoms. The standard InChI is InChI=1S/C20H18N2O4S/c1-2-25-17(23)16-20(26-19(27)21-16)14-10-6-7-11-15(14)22(18(20)24)12-13-8-4-3-5-9-13/h3-11,16H,2,12H2,1H3,(H,21,27)/t16-,20-/m0/s1. The Kier molecular flexibility index (Phi) is 4.31. The van der Waals surface area contributed by atoms with Crippen LogP contribution in [-0.4, -0.2) is 29.7 Å². The van der Waals surface area contributed by atoms with Crippen LogP contribution in [0.2, 0.25) is 0 Å². The number of fused-ring (bicyclic) bond motifs is 2. The van der Waals surface area contributed by atoms with Crippen molar-refractivity contribution in [2.24, 2.45) is 0 Å². The molecule has 2 aliphatic rings. The smallest absolute Gasteiger partial charge is 0.333 e. The fourth-order valence-electron chi connectivity index (χ4n) is 3.65. The van der Waals surface area contributed by atoms with Crippen molar-refractivity contribution in [3.05, 3.63) is 65.7 Å². The number of anilines is 1. The molecule has 1 fully saturated rings. The number of carbonyl (C=O) groups excluding carboxylic acids is 2. The molecule has 4 rings (SSSR count). The summed E-state index contributed by atoms with van der Waals surface area (Å²) in [6.07, 6.45) is 0. The second kappa shape index (κ2) is 6.66. The van der Waals surface area contributed by atoms with Gasteiger partial charge in [-0.15, -0.1) is 0 Å². The fourth-order valence-corrected chi connectivity index (χ4v) is 3.90. The summed E-state index contributed by atoms with van der Waals surface area (Å²) in [6.45, 7) is 2.28. The van der Waals surface area contributed by atoms with Crippen molar-refractivity contribution >= 4 is 35.0 Å². The van der Waals surface area contributed by atoms with Crippen LogP contribution >= 0.6 is 12.2 Å². The number of para-hydroxylation sites is 1. The minimum atomic E-state index is -1.55. The van der Waals surface area contributed by atoms with Gasteiger partial charge in [0.15, 0.2) is 6.04 Å². The summed E-state index contributed by atoms with van der Waals surface area (Å²) in [5.41, 5.74) is 0.733. The van der Waals surface area contributed by atoms with Gasteiger partial charge in [-0.2, -0.15) is 0 Å². The Hall–Kier alpha value is -2.93. The topological polar surface area (TPSA) is 67.9 Å². The van der Waals surface area contributed by atoms with Gasteiger partial charge in [0.05, 0.1) is 18.8 Å². The summed E-state index contributed by atoms with van der Waals surface area (Å²) in [7, 11) is 0. The van der Waals surface area contributed by atoms with Gasteiger partial charge >= 0.3 is 5.97 Å². The highest BCUT2D eigenvalue weighted by Crippen LogP contribution is 2.48. The molecule has 2 heterocycles. The third-order valence-corrected chi connectivity index (χ3v) is 4.99. The number of thiocarbonyl (C=S) groups is 1. The number of carbonyl (C=O) groups is 2. The lowest BCUT2D eigenvalue weighted by molar-refractivity contribution is -0.154. The zero-order valence-corrected chi connectivity index (χ0v) is 15.5. The number of benzene rings is 2. The lowest BCUT2D eigenvalue weighted by Gasteiger charge is -2.26. The molecule has 2 aromatic rings. The molecule has 7 heteroatoms. The van der Waals surface area contributed by atoms with E-state index in [4.69, 9.17) is 21.7 Å². The van der Waals surface area contributed by atoms with Gasteiger partial charge in [-0.3, -0.25) is 4.79 Å². The number of nitrogens with zero attached hydrogens (tertiary/aromatic N) is 1. The van der Waals surface area contributed by atoms with Gasteiger partial charge < -0.3 is 19.7 Å². The Morgan fingerprint density at radius 1 is 1.22 bits per heavy atom. The first-order valence-electron chi connectivity index (χ1n) is 8.69. The van der Waals surface area contributed by atoms with Crippen molar-refractivity contribution in [1.82, 2.24) is 5.32 Å². The first-order chi connectivity index (χ1) is 13.1. The van der Waals surface area contributed by atoms with Gasteiger partial charge in [0, 0.05) is 5.56 Å². The van der Waals surface area contributed by atoms with Gasteiger partial charge in [0.25, 0.3) is 11.1 Å². The fraction of sp³-hybridized carbons (Fsp3) is 0.250. The van der Waals surface area contributed by atoms with Crippen LogP contribution in [0.1, 0.15) is 18.1 Å². The van der Waals surface area contributed by atoms with Crippen LogP contribution in [0.5, 0.6) is 0 Å². The van der Waals surface area contributed by atoms with Crippen LogP contribution in [0, 0.1) is 0 Å². The van der Waals surface area contributed by atoms with Crippen LogP contribution in [0.4, 0.5) is 5.69 Å². The summed E-state index contributed by atoms with van der Waals surface area (Å²) < 4.78 is 11.0. The van der Waals surface area contributed by atoms with E-state index in [1.165, 1.54) is 0 Å². The molecule has 0 unspecified atom stereocenters. The van der Waals surface area contributed by atoms with Gasteiger partial charge in [-0.25, -0.2) is 4.79 Å². The minimum Gasteiger partial charge on any atom is -0.464 e. The quantitative estimate of drug-likeness (QED) is 0.646. The number of esters is 1. The molecule has 138 valence electrons. The third-order valence-electron chi connectivity index (χ3n) is 4.79. The van der Waals surface area contributed by atoms with E-state index in [0.717, 1.165) is 5.56 Å². The van der Waals surface area contributed by atoms with E-state index in [9.17, 15) is 9.59 Å². The lowest BCUT2D eigenvalue weighted by Crippen LogP contribution is -2.53. The highest BCUT2D eigenvalue weighted by atomic mass is 32.1. The highest BCUT2D eigenvalue weighted by molar-refractivity contribution is 7.80. The Balaban J connectivity index is 1.81. The van der Waals surface area contributed by atoms with E-state index < -0.39 is 17.6 Å². The molecule has 1 N–H and O–H groups in total. The first kappa shape index (κ1) is 17.5. The SMILES string of the molecule is CCOC(=O)[C@@H]1NC(=S)O[C@]12C(=O)N(Cc1ccccc1)c1ccccc12. The van der Waals surface area contributed by atoms with Gasteiger partial charge in [-0.05, 0) is 30.8 Å². The van der Waals surface area contributed by atoms with Crippen LogP contribution in [0.25, 0.3) is 0 Å². The second-order valence-corrected chi connectivity index (χ2v) is 6.72. The molecule has 2 aromatic carbocycles. The number of hydrogen-bond donors (Lipinski definition) is 1. The van der Waals surface area contributed by atoms with E-state index in [1.807, 2.05) is 48.5 Å². The molecule has 0 bridgehead atoms. The number of amides is 1. The van der Waals surface area contributed by atoms with Crippen LogP contribution in [0.15, 0.2) is 54.6 Å². The van der Waals surface area contributed by atoms with E-state index in [1.54, 1.807) is 17.9 Å². The normalized spacial score (nSPS) is 23.1. The highest BCUT2D eigenvalue weighted by Gasteiger charge is 2.65. The van der Waals surface area contributed by atoms with Crippen molar-refractivity contribution in [1.29, 1.82) is 0 Å². The molecule has 1 saturated heterocycles. The molecule has 2 aliphatic heterocycles. The Labute approximate surface area is 162 Å².